The Labute approximate surface area is 149 Å². The number of hydrogen-bond donors (Lipinski definition) is 1. The molecule has 1 atom stereocenters. The van der Waals surface area contributed by atoms with Crippen molar-refractivity contribution in [2.45, 2.75) is 52.1 Å². The van der Waals surface area contributed by atoms with E-state index in [1.54, 1.807) is 4.90 Å². The third-order valence-electron chi connectivity index (χ3n) is 5.31. The SMILES string of the molecule is Cc1ccc([C@H]2C(=O)NCC23CCN(C(=O)OC(C)(C)C)CC3)cc1. The Kier molecular flexibility index (Phi) is 4.52. The van der Waals surface area contributed by atoms with E-state index >= 15 is 0 Å². The molecular weight excluding hydrogens is 316 g/mol. The maximum Gasteiger partial charge on any atom is 0.410 e. The number of nitrogens with one attached hydrogen (secondary N) is 1. The van der Waals surface area contributed by atoms with Crippen LogP contribution in [-0.4, -0.2) is 42.1 Å². The fourth-order valence-corrected chi connectivity index (χ4v) is 3.94. The Morgan fingerprint density at radius 2 is 1.80 bits per heavy atom. The first-order chi connectivity index (χ1) is 11.7. The summed E-state index contributed by atoms with van der Waals surface area (Å²) in [5.41, 5.74) is 1.68. The lowest BCUT2D eigenvalue weighted by atomic mass is 9.68. The molecule has 0 aliphatic carbocycles. The summed E-state index contributed by atoms with van der Waals surface area (Å²) in [7, 11) is 0. The average molecular weight is 344 g/mol. The van der Waals surface area contributed by atoms with Gasteiger partial charge >= 0.3 is 6.09 Å². The van der Waals surface area contributed by atoms with Crippen molar-refractivity contribution in [2.24, 2.45) is 5.41 Å². The second kappa shape index (κ2) is 6.36. The van der Waals surface area contributed by atoms with Gasteiger partial charge in [-0.1, -0.05) is 29.8 Å². The van der Waals surface area contributed by atoms with Gasteiger partial charge in [-0.3, -0.25) is 4.79 Å². The van der Waals surface area contributed by atoms with E-state index in [0.29, 0.717) is 19.6 Å². The van der Waals surface area contributed by atoms with E-state index in [2.05, 4.69) is 29.6 Å². The Morgan fingerprint density at radius 3 is 2.36 bits per heavy atom. The number of piperidine rings is 1. The summed E-state index contributed by atoms with van der Waals surface area (Å²) in [6, 6.07) is 8.24. The van der Waals surface area contributed by atoms with Crippen LogP contribution in [0.25, 0.3) is 0 Å². The number of rotatable bonds is 1. The summed E-state index contributed by atoms with van der Waals surface area (Å²) in [6.07, 6.45) is 1.36. The van der Waals surface area contributed by atoms with Crippen molar-refractivity contribution in [1.29, 1.82) is 0 Å². The highest BCUT2D eigenvalue weighted by Crippen LogP contribution is 2.47. The normalized spacial score (nSPS) is 22.8. The monoisotopic (exact) mass is 344 g/mol. The number of aryl methyl sites for hydroxylation is 1. The summed E-state index contributed by atoms with van der Waals surface area (Å²) in [6.45, 7) is 9.63. The fraction of sp³-hybridized carbons (Fsp3) is 0.600. The second-order valence-electron chi connectivity index (χ2n) is 8.39. The van der Waals surface area contributed by atoms with Crippen LogP contribution >= 0.6 is 0 Å². The van der Waals surface area contributed by atoms with E-state index < -0.39 is 5.60 Å². The van der Waals surface area contributed by atoms with Gasteiger partial charge in [-0.05, 0) is 46.1 Å². The van der Waals surface area contributed by atoms with Crippen molar-refractivity contribution in [1.82, 2.24) is 10.2 Å². The molecule has 0 bridgehead atoms. The minimum Gasteiger partial charge on any atom is -0.444 e. The maximum atomic E-state index is 12.5. The molecule has 2 heterocycles. The smallest absolute Gasteiger partial charge is 0.410 e. The first-order valence-corrected chi connectivity index (χ1v) is 9.02. The number of carbonyl (C=O) groups is 2. The molecule has 2 saturated heterocycles. The molecule has 2 aliphatic heterocycles. The van der Waals surface area contributed by atoms with Crippen LogP contribution in [0.2, 0.25) is 0 Å². The number of nitrogens with zero attached hydrogens (tertiary/aromatic N) is 1. The van der Waals surface area contributed by atoms with Gasteiger partial charge in [-0.25, -0.2) is 4.79 Å². The summed E-state index contributed by atoms with van der Waals surface area (Å²) >= 11 is 0. The lowest BCUT2D eigenvalue weighted by molar-refractivity contribution is -0.121. The molecule has 0 aromatic heterocycles. The molecule has 2 amide bonds. The summed E-state index contributed by atoms with van der Waals surface area (Å²) < 4.78 is 5.48. The van der Waals surface area contributed by atoms with Gasteiger partial charge < -0.3 is 15.0 Å². The zero-order valence-corrected chi connectivity index (χ0v) is 15.6. The number of benzene rings is 1. The molecule has 5 heteroatoms. The van der Waals surface area contributed by atoms with E-state index in [1.807, 2.05) is 27.7 Å². The summed E-state index contributed by atoms with van der Waals surface area (Å²) in [5.74, 6) is -0.0246. The van der Waals surface area contributed by atoms with Gasteiger partial charge in [0.15, 0.2) is 0 Å². The Hall–Kier alpha value is -2.04. The molecular formula is C20H28N2O3. The topological polar surface area (TPSA) is 58.6 Å². The van der Waals surface area contributed by atoms with Crippen LogP contribution in [0.4, 0.5) is 4.79 Å². The molecule has 25 heavy (non-hydrogen) atoms. The fourth-order valence-electron chi connectivity index (χ4n) is 3.94. The molecule has 0 unspecified atom stereocenters. The van der Waals surface area contributed by atoms with Crippen molar-refractivity contribution in [3.63, 3.8) is 0 Å². The molecule has 2 aliphatic rings. The summed E-state index contributed by atoms with van der Waals surface area (Å²) in [5, 5.41) is 3.05. The third-order valence-corrected chi connectivity index (χ3v) is 5.31. The standard InChI is InChI=1S/C20H28N2O3/c1-14-5-7-15(8-6-14)16-17(23)21-13-20(16)9-11-22(12-10-20)18(24)25-19(2,3)4/h5-8,16H,9-13H2,1-4H3,(H,21,23)/t16-/m0/s1. The predicted molar refractivity (Wildman–Crippen MR) is 96.4 cm³/mol. The van der Waals surface area contributed by atoms with Gasteiger partial charge in [-0.2, -0.15) is 0 Å². The van der Waals surface area contributed by atoms with Crippen LogP contribution in [0.3, 0.4) is 0 Å². The molecule has 136 valence electrons. The van der Waals surface area contributed by atoms with Crippen LogP contribution in [0.15, 0.2) is 24.3 Å². The van der Waals surface area contributed by atoms with E-state index in [1.165, 1.54) is 5.56 Å². The highest BCUT2D eigenvalue weighted by atomic mass is 16.6. The van der Waals surface area contributed by atoms with E-state index in [0.717, 1.165) is 18.4 Å². The van der Waals surface area contributed by atoms with Gasteiger partial charge in [-0.15, -0.1) is 0 Å². The minimum absolute atomic E-state index is 0.106. The molecule has 2 fully saturated rings. The number of ether oxygens (including phenoxy) is 1. The highest BCUT2D eigenvalue weighted by Gasteiger charge is 2.50. The molecule has 0 saturated carbocycles. The lowest BCUT2D eigenvalue weighted by Gasteiger charge is -2.41. The van der Waals surface area contributed by atoms with Gasteiger partial charge in [0.05, 0.1) is 5.92 Å². The summed E-state index contributed by atoms with van der Waals surface area (Å²) in [4.78, 5) is 26.6. The van der Waals surface area contributed by atoms with Crippen LogP contribution in [0.5, 0.6) is 0 Å². The molecule has 1 spiro atoms. The Balaban J connectivity index is 1.73. The van der Waals surface area contributed by atoms with Crippen molar-refractivity contribution < 1.29 is 14.3 Å². The van der Waals surface area contributed by atoms with Crippen LogP contribution in [0.1, 0.15) is 50.7 Å². The lowest BCUT2D eigenvalue weighted by Crippen LogP contribution is -2.47. The van der Waals surface area contributed by atoms with Crippen LogP contribution in [-0.2, 0) is 9.53 Å². The zero-order valence-electron chi connectivity index (χ0n) is 15.6. The maximum absolute atomic E-state index is 12.5. The van der Waals surface area contributed by atoms with Crippen molar-refractivity contribution in [2.75, 3.05) is 19.6 Å². The zero-order chi connectivity index (χ0) is 18.2. The predicted octanol–water partition coefficient (Wildman–Crippen LogP) is 3.23. The third kappa shape index (κ3) is 3.65. The molecule has 1 N–H and O–H groups in total. The largest absolute Gasteiger partial charge is 0.444 e. The quantitative estimate of drug-likeness (QED) is 0.851. The Morgan fingerprint density at radius 1 is 1.20 bits per heavy atom. The van der Waals surface area contributed by atoms with Gasteiger partial charge in [0.2, 0.25) is 5.91 Å². The van der Waals surface area contributed by atoms with Gasteiger partial charge in [0, 0.05) is 25.0 Å². The van der Waals surface area contributed by atoms with Gasteiger partial charge in [0.25, 0.3) is 0 Å². The first kappa shape index (κ1) is 17.8. The Bertz CT molecular complexity index is 653. The minimum atomic E-state index is -0.485. The molecule has 5 nitrogen and oxygen atoms in total. The van der Waals surface area contributed by atoms with E-state index in [4.69, 9.17) is 4.74 Å². The van der Waals surface area contributed by atoms with Crippen molar-refractivity contribution >= 4 is 12.0 Å². The first-order valence-electron chi connectivity index (χ1n) is 9.02. The number of likely N-dealkylation sites (tertiary alicyclic amines) is 1. The van der Waals surface area contributed by atoms with Crippen molar-refractivity contribution in [3.05, 3.63) is 35.4 Å². The molecule has 0 radical (unpaired) electrons. The van der Waals surface area contributed by atoms with E-state index in [9.17, 15) is 9.59 Å². The van der Waals surface area contributed by atoms with Crippen molar-refractivity contribution in [3.8, 4) is 0 Å². The second-order valence-corrected chi connectivity index (χ2v) is 8.39. The van der Waals surface area contributed by atoms with Gasteiger partial charge in [0.1, 0.15) is 5.60 Å². The number of hydrogen-bond acceptors (Lipinski definition) is 3. The van der Waals surface area contributed by atoms with E-state index in [-0.39, 0.29) is 23.3 Å². The molecule has 1 aromatic rings. The number of amides is 2. The average Bonchev–Trinajstić information content (AvgIpc) is 2.84. The molecule has 1 aromatic carbocycles. The molecule has 3 rings (SSSR count). The van der Waals surface area contributed by atoms with Crippen LogP contribution in [0, 0.1) is 12.3 Å². The number of carbonyl (C=O) groups excluding carboxylic acids is 2. The highest BCUT2D eigenvalue weighted by molar-refractivity contribution is 5.87. The van der Waals surface area contributed by atoms with Crippen LogP contribution < -0.4 is 5.32 Å².